The van der Waals surface area contributed by atoms with Crippen molar-refractivity contribution in [2.45, 2.75) is 27.7 Å². The molecule has 2 heteroatoms. The number of halogens is 2. The molecule has 5 aromatic carbocycles. The normalized spacial score (nSPS) is 11.5. The van der Waals surface area contributed by atoms with Gasteiger partial charge in [0, 0.05) is 7.14 Å². The van der Waals surface area contributed by atoms with Crippen molar-refractivity contribution in [1.82, 2.24) is 0 Å². The zero-order valence-corrected chi connectivity index (χ0v) is 29.9. The van der Waals surface area contributed by atoms with Crippen LogP contribution >= 0.6 is 45.2 Å². The van der Waals surface area contributed by atoms with Crippen LogP contribution in [0, 0.1) is 7.14 Å². The lowest BCUT2D eigenvalue weighted by Crippen LogP contribution is -1.95. The van der Waals surface area contributed by atoms with Crippen LogP contribution in [0.3, 0.4) is 0 Å². The maximum Gasteiger partial charge on any atom is 0.0281 e. The molecule has 0 N–H and O–H groups in total. The second kappa shape index (κ2) is 15.0. The summed E-state index contributed by atoms with van der Waals surface area (Å²) < 4.78 is 2.49. The molecule has 44 heavy (non-hydrogen) atoms. The molecule has 5 aromatic rings. The standard InChI is InChI=1S/C42H36I2/c1-29(2)13-11-18-35-19-12-20-37(42(35)44)33-21-23-34(24-22-33)40(28-39(30(3)4)32-16-9-6-10-17-32)38-26-25-36(27-41(38)43)31-14-7-5-8-15-31/h5-28H,1-4H3/b18-11-,40-28-. The molecule has 0 unspecified atom stereocenters. The SMILES string of the molecule is CC(C)=C/C=C\c1cccc(-c2ccc(/C(=C/C(=C(C)C)c3ccccc3)c3ccc(-c4ccccc4)cc3I)cc2)c1I. The maximum absolute atomic E-state index is 2.50. The topological polar surface area (TPSA) is 0 Å². The first-order valence-corrected chi connectivity index (χ1v) is 17.0. The third kappa shape index (κ3) is 7.77. The zero-order chi connectivity index (χ0) is 31.1. The molecule has 0 amide bonds. The highest BCUT2D eigenvalue weighted by molar-refractivity contribution is 14.1. The van der Waals surface area contributed by atoms with Gasteiger partial charge < -0.3 is 0 Å². The average molecular weight is 795 g/mol. The molecule has 5 rings (SSSR count). The van der Waals surface area contributed by atoms with E-state index < -0.39 is 0 Å². The van der Waals surface area contributed by atoms with Gasteiger partial charge in [0.2, 0.25) is 0 Å². The summed E-state index contributed by atoms with van der Waals surface area (Å²) in [5.41, 5.74) is 14.9. The first-order valence-electron chi connectivity index (χ1n) is 14.8. The van der Waals surface area contributed by atoms with Crippen LogP contribution in [-0.4, -0.2) is 0 Å². The summed E-state index contributed by atoms with van der Waals surface area (Å²) in [7, 11) is 0. The molecule has 0 saturated heterocycles. The largest absolute Gasteiger partial charge is 0.0764 e. The minimum absolute atomic E-state index is 1.20. The molecular formula is C42H36I2. The molecule has 0 aliphatic rings. The van der Waals surface area contributed by atoms with Crippen molar-refractivity contribution in [3.05, 3.63) is 180 Å². The molecule has 0 aliphatic carbocycles. The van der Waals surface area contributed by atoms with Gasteiger partial charge in [0.25, 0.3) is 0 Å². The molecule has 0 heterocycles. The predicted octanol–water partition coefficient (Wildman–Crippen LogP) is 13.1. The summed E-state index contributed by atoms with van der Waals surface area (Å²) in [6.07, 6.45) is 8.85. The first kappa shape index (κ1) is 31.9. The van der Waals surface area contributed by atoms with Gasteiger partial charge in [-0.1, -0.05) is 145 Å². The fraction of sp³-hybridized carbons (Fsp3) is 0.0952. The van der Waals surface area contributed by atoms with Crippen LogP contribution in [0.25, 0.3) is 39.5 Å². The van der Waals surface area contributed by atoms with Crippen molar-refractivity contribution in [3.63, 3.8) is 0 Å². The Labute approximate surface area is 290 Å². The number of benzene rings is 5. The smallest absolute Gasteiger partial charge is 0.0281 e. The van der Waals surface area contributed by atoms with Crippen molar-refractivity contribution in [2.75, 3.05) is 0 Å². The van der Waals surface area contributed by atoms with Crippen molar-refractivity contribution >= 4 is 62.4 Å². The Hall–Kier alpha value is -3.48. The predicted molar refractivity (Wildman–Crippen MR) is 209 cm³/mol. The van der Waals surface area contributed by atoms with E-state index in [4.69, 9.17) is 0 Å². The molecular weight excluding hydrogens is 758 g/mol. The summed E-state index contributed by atoms with van der Waals surface area (Å²) in [6.45, 7) is 8.64. The van der Waals surface area contributed by atoms with E-state index >= 15 is 0 Å². The summed E-state index contributed by atoms with van der Waals surface area (Å²) in [4.78, 5) is 0. The second-order valence-electron chi connectivity index (χ2n) is 11.3. The van der Waals surface area contributed by atoms with Crippen LogP contribution in [0.4, 0.5) is 0 Å². The van der Waals surface area contributed by atoms with Gasteiger partial charge in [-0.05, 0) is 141 Å². The Bertz CT molecular complexity index is 1860. The van der Waals surface area contributed by atoms with Gasteiger partial charge in [-0.15, -0.1) is 0 Å². The Kier molecular flexibility index (Phi) is 10.9. The molecule has 0 aromatic heterocycles. The molecule has 0 saturated carbocycles. The van der Waals surface area contributed by atoms with Crippen molar-refractivity contribution in [2.24, 2.45) is 0 Å². The molecule has 218 valence electrons. The van der Waals surface area contributed by atoms with Gasteiger partial charge in [0.1, 0.15) is 0 Å². The Balaban J connectivity index is 1.60. The van der Waals surface area contributed by atoms with E-state index in [0.29, 0.717) is 0 Å². The highest BCUT2D eigenvalue weighted by Gasteiger charge is 2.14. The van der Waals surface area contributed by atoms with E-state index in [9.17, 15) is 0 Å². The Morgan fingerprint density at radius 3 is 1.89 bits per heavy atom. The maximum atomic E-state index is 2.50. The Morgan fingerprint density at radius 2 is 1.25 bits per heavy atom. The van der Waals surface area contributed by atoms with Gasteiger partial charge in [0.05, 0.1) is 0 Å². The van der Waals surface area contributed by atoms with E-state index in [0.717, 1.165) is 0 Å². The van der Waals surface area contributed by atoms with E-state index in [-0.39, 0.29) is 0 Å². The number of hydrogen-bond acceptors (Lipinski definition) is 0. The fourth-order valence-corrected chi connectivity index (χ4v) is 6.87. The van der Waals surface area contributed by atoms with Gasteiger partial charge in [-0.25, -0.2) is 0 Å². The van der Waals surface area contributed by atoms with E-state index in [2.05, 4.69) is 219 Å². The molecule has 0 bridgehead atoms. The van der Waals surface area contributed by atoms with E-state index in [1.54, 1.807) is 0 Å². The first-order chi connectivity index (χ1) is 21.3. The van der Waals surface area contributed by atoms with Crippen LogP contribution in [0.15, 0.2) is 151 Å². The van der Waals surface area contributed by atoms with E-state index in [1.807, 2.05) is 0 Å². The second-order valence-corrected chi connectivity index (χ2v) is 13.5. The van der Waals surface area contributed by atoms with Crippen molar-refractivity contribution in [3.8, 4) is 22.3 Å². The molecule has 0 atom stereocenters. The zero-order valence-electron chi connectivity index (χ0n) is 25.6. The van der Waals surface area contributed by atoms with Gasteiger partial charge in [0.15, 0.2) is 0 Å². The highest BCUT2D eigenvalue weighted by atomic mass is 127. The number of allylic oxidation sites excluding steroid dienone is 6. The summed E-state index contributed by atoms with van der Waals surface area (Å²) in [6, 6.07) is 43.8. The van der Waals surface area contributed by atoms with E-state index in [1.165, 1.54) is 73.9 Å². The fourth-order valence-electron chi connectivity index (χ4n) is 5.21. The molecule has 0 radical (unpaired) electrons. The minimum Gasteiger partial charge on any atom is -0.0764 e. The van der Waals surface area contributed by atoms with Gasteiger partial charge >= 0.3 is 0 Å². The quantitative estimate of drug-likeness (QED) is 0.108. The third-order valence-electron chi connectivity index (χ3n) is 7.52. The lowest BCUT2D eigenvalue weighted by atomic mass is 9.90. The Morgan fingerprint density at radius 1 is 0.591 bits per heavy atom. The van der Waals surface area contributed by atoms with Crippen LogP contribution in [0.1, 0.15) is 49.9 Å². The van der Waals surface area contributed by atoms with Crippen LogP contribution in [0.5, 0.6) is 0 Å². The lowest BCUT2D eigenvalue weighted by Gasteiger charge is -2.16. The van der Waals surface area contributed by atoms with Crippen LogP contribution in [-0.2, 0) is 0 Å². The summed E-state index contributed by atoms with van der Waals surface area (Å²) in [5, 5.41) is 0. The number of hydrogen-bond donors (Lipinski definition) is 0. The summed E-state index contributed by atoms with van der Waals surface area (Å²) >= 11 is 4.99. The van der Waals surface area contributed by atoms with Gasteiger partial charge in [-0.2, -0.15) is 0 Å². The molecule has 0 fully saturated rings. The van der Waals surface area contributed by atoms with Crippen molar-refractivity contribution < 1.29 is 0 Å². The van der Waals surface area contributed by atoms with Crippen molar-refractivity contribution in [1.29, 1.82) is 0 Å². The molecule has 0 spiro atoms. The number of rotatable bonds is 8. The monoisotopic (exact) mass is 794 g/mol. The van der Waals surface area contributed by atoms with Gasteiger partial charge in [-0.3, -0.25) is 0 Å². The van der Waals surface area contributed by atoms with Crippen LogP contribution in [0.2, 0.25) is 0 Å². The highest BCUT2D eigenvalue weighted by Crippen LogP contribution is 2.36. The third-order valence-corrected chi connectivity index (χ3v) is 9.62. The van der Waals surface area contributed by atoms with Crippen LogP contribution < -0.4 is 0 Å². The average Bonchev–Trinajstić information content (AvgIpc) is 3.03. The minimum atomic E-state index is 1.20. The lowest BCUT2D eigenvalue weighted by molar-refractivity contribution is 1.39. The molecule has 0 aliphatic heterocycles. The molecule has 0 nitrogen and oxygen atoms in total. The summed E-state index contributed by atoms with van der Waals surface area (Å²) in [5.74, 6) is 0.